The Labute approximate surface area is 124 Å². The monoisotopic (exact) mass is 358 g/mol. The maximum absolute atomic E-state index is 6.02. The Morgan fingerprint density at radius 1 is 1.33 bits per heavy atom. The average molecular weight is 358 g/mol. The van der Waals surface area contributed by atoms with Crippen molar-refractivity contribution < 1.29 is 0 Å². The Hall–Kier alpha value is -0.130. The predicted octanol–water partition coefficient (Wildman–Crippen LogP) is 3.41. The molecule has 1 unspecified atom stereocenters. The predicted molar refractivity (Wildman–Crippen MR) is 85.5 cm³/mol. The third kappa shape index (κ3) is 3.45. The molecule has 100 valence electrons. The van der Waals surface area contributed by atoms with Crippen molar-refractivity contribution >= 4 is 22.6 Å². The summed E-state index contributed by atoms with van der Waals surface area (Å²) >= 11 is 2.35. The largest absolute Gasteiger partial charge is 0.329 e. The fourth-order valence-electron chi connectivity index (χ4n) is 2.92. The smallest absolute Gasteiger partial charge is 0.0470 e. The Bertz CT molecular complexity index is 386. The summed E-state index contributed by atoms with van der Waals surface area (Å²) in [5, 5.41) is 0. The van der Waals surface area contributed by atoms with E-state index in [1.165, 1.54) is 28.5 Å². The van der Waals surface area contributed by atoms with Crippen molar-refractivity contribution in [3.8, 4) is 0 Å². The lowest BCUT2D eigenvalue weighted by molar-refractivity contribution is 0.0807. The van der Waals surface area contributed by atoms with Gasteiger partial charge in [0.25, 0.3) is 0 Å². The SMILES string of the molecule is CC1(C)CCCN(C(CN)c2ccc(I)cc2)C1. The summed E-state index contributed by atoms with van der Waals surface area (Å²) in [7, 11) is 0. The zero-order chi connectivity index (χ0) is 13.2. The van der Waals surface area contributed by atoms with E-state index >= 15 is 0 Å². The van der Waals surface area contributed by atoms with Gasteiger partial charge in [-0.15, -0.1) is 0 Å². The minimum absolute atomic E-state index is 0.376. The van der Waals surface area contributed by atoms with Crippen LogP contribution in [0.4, 0.5) is 0 Å². The topological polar surface area (TPSA) is 29.3 Å². The summed E-state index contributed by atoms with van der Waals surface area (Å²) in [6.07, 6.45) is 2.61. The maximum Gasteiger partial charge on any atom is 0.0470 e. The average Bonchev–Trinajstić information content (AvgIpc) is 2.31. The molecule has 1 aromatic rings. The summed E-state index contributed by atoms with van der Waals surface area (Å²) in [4.78, 5) is 2.56. The number of hydrogen-bond acceptors (Lipinski definition) is 2. The molecule has 1 atom stereocenters. The number of nitrogens with zero attached hydrogens (tertiary/aromatic N) is 1. The van der Waals surface area contributed by atoms with E-state index in [0.717, 1.165) is 6.54 Å². The molecule has 1 aliphatic rings. The van der Waals surface area contributed by atoms with Gasteiger partial charge in [0, 0.05) is 22.7 Å². The van der Waals surface area contributed by atoms with Crippen molar-refractivity contribution in [2.45, 2.75) is 32.7 Å². The standard InChI is InChI=1S/C15H23IN2/c1-15(2)8-3-9-18(11-15)14(10-17)12-4-6-13(16)7-5-12/h4-7,14H,3,8-11,17H2,1-2H3. The molecule has 2 nitrogen and oxygen atoms in total. The van der Waals surface area contributed by atoms with Gasteiger partial charge in [-0.1, -0.05) is 26.0 Å². The molecule has 0 aromatic heterocycles. The fraction of sp³-hybridized carbons (Fsp3) is 0.600. The molecule has 1 heterocycles. The summed E-state index contributed by atoms with van der Waals surface area (Å²) in [6, 6.07) is 9.17. The Morgan fingerprint density at radius 2 is 2.00 bits per heavy atom. The normalized spacial score (nSPS) is 21.8. The highest BCUT2D eigenvalue weighted by Gasteiger charge is 2.30. The van der Waals surface area contributed by atoms with Crippen molar-refractivity contribution in [2.75, 3.05) is 19.6 Å². The molecule has 2 N–H and O–H groups in total. The lowest BCUT2D eigenvalue weighted by atomic mass is 9.83. The first-order valence-corrected chi connectivity index (χ1v) is 7.79. The van der Waals surface area contributed by atoms with E-state index in [0.29, 0.717) is 18.0 Å². The molecular weight excluding hydrogens is 335 g/mol. The maximum atomic E-state index is 6.02. The number of halogens is 1. The van der Waals surface area contributed by atoms with E-state index in [2.05, 4.69) is 65.6 Å². The molecule has 0 saturated carbocycles. The lowest BCUT2D eigenvalue weighted by Crippen LogP contribution is -2.44. The van der Waals surface area contributed by atoms with E-state index in [9.17, 15) is 0 Å². The van der Waals surface area contributed by atoms with Crippen LogP contribution in [0.15, 0.2) is 24.3 Å². The number of benzene rings is 1. The minimum atomic E-state index is 0.376. The summed E-state index contributed by atoms with van der Waals surface area (Å²) in [5.41, 5.74) is 7.80. The highest BCUT2D eigenvalue weighted by atomic mass is 127. The van der Waals surface area contributed by atoms with Gasteiger partial charge < -0.3 is 5.73 Å². The second-order valence-corrected chi connectivity index (χ2v) is 7.29. The molecule has 1 aliphatic heterocycles. The quantitative estimate of drug-likeness (QED) is 0.839. The van der Waals surface area contributed by atoms with E-state index in [4.69, 9.17) is 5.73 Å². The van der Waals surface area contributed by atoms with Crippen LogP contribution in [0.25, 0.3) is 0 Å². The number of rotatable bonds is 3. The van der Waals surface area contributed by atoms with E-state index in [-0.39, 0.29) is 0 Å². The van der Waals surface area contributed by atoms with Gasteiger partial charge in [0.1, 0.15) is 0 Å². The van der Waals surface area contributed by atoms with Crippen LogP contribution in [0, 0.1) is 8.99 Å². The second-order valence-electron chi connectivity index (χ2n) is 6.04. The van der Waals surface area contributed by atoms with Crippen LogP contribution in [-0.4, -0.2) is 24.5 Å². The van der Waals surface area contributed by atoms with Crippen molar-refractivity contribution in [3.63, 3.8) is 0 Å². The van der Waals surface area contributed by atoms with E-state index in [1.807, 2.05) is 0 Å². The lowest BCUT2D eigenvalue weighted by Gasteiger charge is -2.42. The molecule has 2 rings (SSSR count). The summed E-state index contributed by atoms with van der Waals surface area (Å²) in [6.45, 7) is 7.76. The van der Waals surface area contributed by atoms with Gasteiger partial charge in [-0.25, -0.2) is 0 Å². The summed E-state index contributed by atoms with van der Waals surface area (Å²) < 4.78 is 1.28. The van der Waals surface area contributed by atoms with Crippen LogP contribution in [-0.2, 0) is 0 Å². The zero-order valence-corrected chi connectivity index (χ0v) is 13.5. The molecule has 0 bridgehead atoms. The molecule has 0 amide bonds. The number of nitrogens with two attached hydrogens (primary N) is 1. The molecule has 18 heavy (non-hydrogen) atoms. The third-order valence-corrected chi connectivity index (χ3v) is 4.57. The van der Waals surface area contributed by atoms with Gasteiger partial charge in [0.2, 0.25) is 0 Å². The molecule has 0 radical (unpaired) electrons. The Morgan fingerprint density at radius 3 is 2.56 bits per heavy atom. The molecule has 1 fully saturated rings. The second kappa shape index (κ2) is 5.88. The highest BCUT2D eigenvalue weighted by molar-refractivity contribution is 14.1. The van der Waals surface area contributed by atoms with Crippen molar-refractivity contribution in [2.24, 2.45) is 11.1 Å². The molecule has 1 aromatic carbocycles. The van der Waals surface area contributed by atoms with Gasteiger partial charge in [-0.2, -0.15) is 0 Å². The van der Waals surface area contributed by atoms with E-state index in [1.54, 1.807) is 0 Å². The van der Waals surface area contributed by atoms with Gasteiger partial charge in [0.05, 0.1) is 0 Å². The van der Waals surface area contributed by atoms with Crippen molar-refractivity contribution in [1.29, 1.82) is 0 Å². The Kier molecular flexibility index (Phi) is 4.67. The van der Waals surface area contributed by atoms with Crippen LogP contribution in [0.3, 0.4) is 0 Å². The number of hydrogen-bond donors (Lipinski definition) is 1. The van der Waals surface area contributed by atoms with Gasteiger partial charge >= 0.3 is 0 Å². The van der Waals surface area contributed by atoms with Crippen LogP contribution >= 0.6 is 22.6 Å². The first-order valence-electron chi connectivity index (χ1n) is 6.71. The van der Waals surface area contributed by atoms with Crippen molar-refractivity contribution in [3.05, 3.63) is 33.4 Å². The first kappa shape index (κ1) is 14.3. The number of piperidine rings is 1. The molecule has 1 saturated heterocycles. The molecule has 0 spiro atoms. The van der Waals surface area contributed by atoms with Gasteiger partial charge in [-0.3, -0.25) is 4.90 Å². The molecule has 0 aliphatic carbocycles. The van der Waals surface area contributed by atoms with Crippen LogP contribution in [0.2, 0.25) is 0 Å². The summed E-state index contributed by atoms with van der Waals surface area (Å²) in [5.74, 6) is 0. The molecule has 3 heteroatoms. The van der Waals surface area contributed by atoms with Gasteiger partial charge in [0.15, 0.2) is 0 Å². The Balaban J connectivity index is 2.15. The van der Waals surface area contributed by atoms with Crippen LogP contribution < -0.4 is 5.73 Å². The van der Waals surface area contributed by atoms with Crippen LogP contribution in [0.1, 0.15) is 38.3 Å². The minimum Gasteiger partial charge on any atom is -0.329 e. The third-order valence-electron chi connectivity index (χ3n) is 3.85. The highest BCUT2D eigenvalue weighted by Crippen LogP contribution is 2.33. The first-order chi connectivity index (χ1) is 8.52. The molecular formula is C15H23IN2. The van der Waals surface area contributed by atoms with E-state index < -0.39 is 0 Å². The van der Waals surface area contributed by atoms with Gasteiger partial charge in [-0.05, 0) is 65.1 Å². The number of likely N-dealkylation sites (tertiary alicyclic amines) is 1. The van der Waals surface area contributed by atoms with Crippen LogP contribution in [0.5, 0.6) is 0 Å². The van der Waals surface area contributed by atoms with Crippen molar-refractivity contribution in [1.82, 2.24) is 4.90 Å². The zero-order valence-electron chi connectivity index (χ0n) is 11.3. The fourth-order valence-corrected chi connectivity index (χ4v) is 3.28.